The fourth-order valence-corrected chi connectivity index (χ4v) is 6.35. The van der Waals surface area contributed by atoms with Crippen molar-refractivity contribution in [3.63, 3.8) is 0 Å². The maximum Gasteiger partial charge on any atom is 0.262 e. The van der Waals surface area contributed by atoms with Gasteiger partial charge in [-0.25, -0.2) is 0 Å². The Bertz CT molecular complexity index is 2080. The van der Waals surface area contributed by atoms with E-state index in [0.29, 0.717) is 10.8 Å². The van der Waals surface area contributed by atoms with Crippen molar-refractivity contribution in [1.29, 1.82) is 0 Å². The monoisotopic (exact) mass is 461 g/mol. The van der Waals surface area contributed by atoms with Crippen LogP contribution < -0.4 is 15.9 Å². The van der Waals surface area contributed by atoms with Gasteiger partial charge in [0.15, 0.2) is 0 Å². The SMILES string of the molecule is Cc1cc2c3c(=O)n(C(C)(C)C)c(=O)c3c3cc(OC(C)(C)C)c4ccc5ccc1c1c5c4c3c21. The predicted molar refractivity (Wildman–Crippen MR) is 147 cm³/mol. The average Bonchev–Trinajstić information content (AvgIpc) is 3.24. The molecule has 174 valence electrons. The molecule has 0 spiro atoms. The summed E-state index contributed by atoms with van der Waals surface area (Å²) >= 11 is 0. The Balaban J connectivity index is 1.91. The Labute approximate surface area is 202 Å². The molecule has 0 N–H and O–H groups in total. The van der Waals surface area contributed by atoms with E-state index in [1.807, 2.05) is 47.6 Å². The second kappa shape index (κ2) is 5.93. The van der Waals surface area contributed by atoms with E-state index in [1.165, 1.54) is 20.7 Å². The Morgan fingerprint density at radius 3 is 1.71 bits per heavy atom. The fourth-order valence-electron chi connectivity index (χ4n) is 6.35. The lowest BCUT2D eigenvalue weighted by molar-refractivity contribution is 0.133. The minimum Gasteiger partial charge on any atom is -0.487 e. The number of aryl methyl sites for hydroxylation is 1. The number of benzene rings is 5. The van der Waals surface area contributed by atoms with Crippen LogP contribution in [0.2, 0.25) is 0 Å². The van der Waals surface area contributed by atoms with Gasteiger partial charge in [-0.05, 0) is 110 Å². The highest BCUT2D eigenvalue weighted by atomic mass is 16.5. The Hall–Kier alpha value is -3.66. The molecule has 0 aliphatic carbocycles. The van der Waals surface area contributed by atoms with Crippen molar-refractivity contribution in [2.75, 3.05) is 0 Å². The van der Waals surface area contributed by atoms with E-state index in [2.05, 4.69) is 37.3 Å². The van der Waals surface area contributed by atoms with E-state index in [0.717, 1.165) is 49.0 Å². The molecule has 1 aromatic heterocycles. The summed E-state index contributed by atoms with van der Waals surface area (Å²) in [5.74, 6) is 0.749. The summed E-state index contributed by atoms with van der Waals surface area (Å²) in [4.78, 5) is 27.8. The first-order valence-corrected chi connectivity index (χ1v) is 12.2. The fraction of sp³-hybridized carbons (Fsp3) is 0.290. The molecule has 0 bridgehead atoms. The van der Waals surface area contributed by atoms with Crippen LogP contribution in [0.4, 0.5) is 0 Å². The maximum absolute atomic E-state index is 13.9. The molecule has 0 saturated carbocycles. The molecule has 0 aliphatic heterocycles. The van der Waals surface area contributed by atoms with E-state index < -0.39 is 11.1 Å². The highest BCUT2D eigenvalue weighted by molar-refractivity contribution is 6.48. The van der Waals surface area contributed by atoms with Gasteiger partial charge in [-0.3, -0.25) is 14.2 Å². The molecular formula is C31H27NO3. The molecule has 35 heavy (non-hydrogen) atoms. The van der Waals surface area contributed by atoms with Crippen LogP contribution in [0.25, 0.3) is 64.6 Å². The van der Waals surface area contributed by atoms with Gasteiger partial charge in [0.25, 0.3) is 11.1 Å². The van der Waals surface area contributed by atoms with Gasteiger partial charge < -0.3 is 4.74 Å². The molecule has 1 heterocycles. The van der Waals surface area contributed by atoms with Crippen molar-refractivity contribution in [3.05, 3.63) is 62.7 Å². The Morgan fingerprint density at radius 2 is 1.14 bits per heavy atom. The van der Waals surface area contributed by atoms with Crippen LogP contribution in [0.1, 0.15) is 47.1 Å². The zero-order valence-corrected chi connectivity index (χ0v) is 21.1. The smallest absolute Gasteiger partial charge is 0.262 e. The first-order valence-electron chi connectivity index (χ1n) is 12.2. The molecular weight excluding hydrogens is 434 g/mol. The van der Waals surface area contributed by atoms with Gasteiger partial charge in [0.2, 0.25) is 0 Å². The second-order valence-electron chi connectivity index (χ2n) is 12.1. The first kappa shape index (κ1) is 20.7. The van der Waals surface area contributed by atoms with Gasteiger partial charge >= 0.3 is 0 Å². The lowest BCUT2D eigenvalue weighted by atomic mass is 9.93. The molecule has 4 heteroatoms. The van der Waals surface area contributed by atoms with Crippen LogP contribution >= 0.6 is 0 Å². The third-order valence-corrected chi connectivity index (χ3v) is 7.51. The Kier molecular flexibility index (Phi) is 3.51. The van der Waals surface area contributed by atoms with E-state index >= 15 is 0 Å². The van der Waals surface area contributed by atoms with Gasteiger partial charge in [-0.15, -0.1) is 0 Å². The van der Waals surface area contributed by atoms with Crippen LogP contribution in [0, 0.1) is 6.92 Å². The van der Waals surface area contributed by atoms with Gasteiger partial charge in [-0.1, -0.05) is 18.2 Å². The lowest BCUT2D eigenvalue weighted by Crippen LogP contribution is -2.38. The van der Waals surface area contributed by atoms with Crippen molar-refractivity contribution in [2.45, 2.75) is 59.6 Å². The number of ether oxygens (including phenoxy) is 1. The minimum atomic E-state index is -0.623. The molecule has 6 aromatic carbocycles. The molecule has 0 aliphatic rings. The zero-order valence-electron chi connectivity index (χ0n) is 21.1. The standard InChI is InChI=1S/C31H27NO3/c1-14-12-18-24-22-16(14)10-8-15-9-11-17-20(35-31(5,6)7)13-19(25(24)23(17)21(15)22)27-26(18)28(33)32(29(27)34)30(2,3)4/h8-13H,1-7H3. The van der Waals surface area contributed by atoms with Crippen LogP contribution in [-0.2, 0) is 5.54 Å². The summed E-state index contributed by atoms with van der Waals surface area (Å²) in [5, 5.41) is 11.8. The van der Waals surface area contributed by atoms with Gasteiger partial charge in [-0.2, -0.15) is 0 Å². The molecule has 7 aromatic rings. The molecule has 7 rings (SSSR count). The van der Waals surface area contributed by atoms with Crippen LogP contribution in [-0.4, -0.2) is 10.2 Å². The largest absolute Gasteiger partial charge is 0.487 e. The van der Waals surface area contributed by atoms with Gasteiger partial charge in [0, 0.05) is 21.7 Å². The molecule has 0 amide bonds. The number of hydrogen-bond donors (Lipinski definition) is 0. The van der Waals surface area contributed by atoms with Crippen molar-refractivity contribution in [2.24, 2.45) is 0 Å². The number of nitrogens with zero attached hydrogens (tertiary/aromatic N) is 1. The number of fused-ring (bicyclic) bond motifs is 3. The van der Waals surface area contributed by atoms with E-state index in [-0.39, 0.29) is 11.1 Å². The predicted octanol–water partition coefficient (Wildman–Crippen LogP) is 7.12. The van der Waals surface area contributed by atoms with Crippen molar-refractivity contribution < 1.29 is 4.74 Å². The summed E-state index contributed by atoms with van der Waals surface area (Å²) < 4.78 is 7.91. The highest BCUT2D eigenvalue weighted by Gasteiger charge is 2.31. The van der Waals surface area contributed by atoms with E-state index in [4.69, 9.17) is 4.74 Å². The first-order chi connectivity index (χ1) is 16.4. The van der Waals surface area contributed by atoms with Crippen molar-refractivity contribution in [1.82, 2.24) is 4.57 Å². The van der Waals surface area contributed by atoms with Crippen LogP contribution in [0.5, 0.6) is 5.75 Å². The zero-order chi connectivity index (χ0) is 24.8. The second-order valence-corrected chi connectivity index (χ2v) is 12.1. The van der Waals surface area contributed by atoms with Crippen molar-refractivity contribution >= 4 is 64.6 Å². The molecule has 0 atom stereocenters. The highest BCUT2D eigenvalue weighted by Crippen LogP contribution is 2.52. The Morgan fingerprint density at radius 1 is 0.629 bits per heavy atom. The van der Waals surface area contributed by atoms with Crippen LogP contribution in [0.15, 0.2) is 46.0 Å². The average molecular weight is 462 g/mol. The van der Waals surface area contributed by atoms with Crippen LogP contribution in [0.3, 0.4) is 0 Å². The van der Waals surface area contributed by atoms with Crippen molar-refractivity contribution in [3.8, 4) is 5.75 Å². The summed E-state index contributed by atoms with van der Waals surface area (Å²) in [6.07, 6.45) is 0. The molecule has 0 unspecified atom stereocenters. The quantitative estimate of drug-likeness (QED) is 0.245. The summed E-state index contributed by atoms with van der Waals surface area (Å²) in [5.41, 5.74) is -0.353. The van der Waals surface area contributed by atoms with Gasteiger partial charge in [0.1, 0.15) is 11.4 Å². The summed E-state index contributed by atoms with van der Waals surface area (Å²) in [7, 11) is 0. The topological polar surface area (TPSA) is 48.3 Å². The summed E-state index contributed by atoms with van der Waals surface area (Å²) in [6.45, 7) is 13.9. The lowest BCUT2D eigenvalue weighted by Gasteiger charge is -2.23. The molecule has 4 nitrogen and oxygen atoms in total. The minimum absolute atomic E-state index is 0.209. The molecule has 0 radical (unpaired) electrons. The maximum atomic E-state index is 13.9. The third-order valence-electron chi connectivity index (χ3n) is 7.51. The number of hydrogen-bond acceptors (Lipinski definition) is 3. The third kappa shape index (κ3) is 2.37. The summed E-state index contributed by atoms with van der Waals surface area (Å²) in [6, 6.07) is 12.8. The van der Waals surface area contributed by atoms with Gasteiger partial charge in [0.05, 0.1) is 10.8 Å². The number of rotatable bonds is 1. The van der Waals surface area contributed by atoms with E-state index in [9.17, 15) is 9.59 Å². The number of aromatic nitrogens is 1. The molecule has 0 saturated heterocycles. The molecule has 0 fully saturated rings. The van der Waals surface area contributed by atoms with E-state index in [1.54, 1.807) is 0 Å². The normalized spacial score (nSPS) is 13.8.